The first kappa shape index (κ1) is 17.6. The van der Waals surface area contributed by atoms with Gasteiger partial charge in [-0.05, 0) is 31.4 Å². The molecule has 0 heterocycles. The molecular weight excluding hydrogens is 297 g/mol. The summed E-state index contributed by atoms with van der Waals surface area (Å²) in [5.74, 6) is -2.35. The van der Waals surface area contributed by atoms with Gasteiger partial charge in [0.1, 0.15) is 5.82 Å². The van der Waals surface area contributed by atoms with Crippen molar-refractivity contribution in [2.45, 2.75) is 32.1 Å². The first-order chi connectivity index (χ1) is 9.65. The molecule has 0 spiro atoms. The van der Waals surface area contributed by atoms with Gasteiger partial charge in [-0.2, -0.15) is 0 Å². The molecule has 7 heteroatoms. The van der Waals surface area contributed by atoms with Gasteiger partial charge in [0.05, 0.1) is 10.8 Å². The number of benzene rings is 1. The van der Waals surface area contributed by atoms with Crippen molar-refractivity contribution in [3.63, 3.8) is 0 Å². The lowest BCUT2D eigenvalue weighted by molar-refractivity contribution is -0.142. The Morgan fingerprint density at radius 2 is 2.00 bits per heavy atom. The van der Waals surface area contributed by atoms with Crippen LogP contribution >= 0.6 is 0 Å². The highest BCUT2D eigenvalue weighted by molar-refractivity contribution is 7.89. The number of sulfonamides is 1. The second kappa shape index (κ2) is 7.00. The SMILES string of the molecule is Cc1c(F)cccc1S(=O)(=O)NCC(CC(C)C)C(=O)O. The molecule has 0 radical (unpaired) electrons. The van der Waals surface area contributed by atoms with Crippen molar-refractivity contribution in [3.05, 3.63) is 29.6 Å². The van der Waals surface area contributed by atoms with Crippen LogP contribution in [0.2, 0.25) is 0 Å². The van der Waals surface area contributed by atoms with Crippen molar-refractivity contribution in [1.82, 2.24) is 4.72 Å². The topological polar surface area (TPSA) is 83.5 Å². The minimum absolute atomic E-state index is 0.0146. The average molecular weight is 317 g/mol. The van der Waals surface area contributed by atoms with Crippen LogP contribution in [-0.4, -0.2) is 26.0 Å². The van der Waals surface area contributed by atoms with Crippen LogP contribution in [0.1, 0.15) is 25.8 Å². The molecule has 0 aliphatic carbocycles. The number of carboxylic acids is 1. The van der Waals surface area contributed by atoms with Crippen molar-refractivity contribution < 1.29 is 22.7 Å². The Kier molecular flexibility index (Phi) is 5.86. The van der Waals surface area contributed by atoms with Gasteiger partial charge in [0.2, 0.25) is 10.0 Å². The number of carboxylic acid groups (broad SMARTS) is 1. The van der Waals surface area contributed by atoms with Crippen molar-refractivity contribution >= 4 is 16.0 Å². The predicted molar refractivity (Wildman–Crippen MR) is 76.9 cm³/mol. The smallest absolute Gasteiger partial charge is 0.307 e. The highest BCUT2D eigenvalue weighted by Crippen LogP contribution is 2.18. The fourth-order valence-electron chi connectivity index (χ4n) is 2.01. The summed E-state index contributed by atoms with van der Waals surface area (Å²) in [4.78, 5) is 10.9. The van der Waals surface area contributed by atoms with Crippen LogP contribution in [0, 0.1) is 24.6 Å². The summed E-state index contributed by atoms with van der Waals surface area (Å²) in [6.07, 6.45) is 0.361. The van der Waals surface area contributed by atoms with Crippen LogP contribution in [-0.2, 0) is 14.8 Å². The zero-order valence-electron chi connectivity index (χ0n) is 12.3. The molecule has 0 bridgehead atoms. The van der Waals surface area contributed by atoms with Gasteiger partial charge in [-0.25, -0.2) is 17.5 Å². The largest absolute Gasteiger partial charge is 0.481 e. The van der Waals surface area contributed by atoms with Crippen molar-refractivity contribution in [3.8, 4) is 0 Å². The third-order valence-electron chi connectivity index (χ3n) is 3.13. The second-order valence-electron chi connectivity index (χ2n) is 5.38. The Morgan fingerprint density at radius 1 is 1.38 bits per heavy atom. The van der Waals surface area contributed by atoms with E-state index >= 15 is 0 Å². The minimum Gasteiger partial charge on any atom is -0.481 e. The van der Waals surface area contributed by atoms with E-state index in [-0.39, 0.29) is 22.9 Å². The molecule has 0 aliphatic rings. The first-order valence-corrected chi connectivity index (χ1v) is 8.11. The zero-order chi connectivity index (χ0) is 16.2. The third kappa shape index (κ3) is 4.78. The number of carbonyl (C=O) groups is 1. The molecule has 2 N–H and O–H groups in total. The molecule has 0 aliphatic heterocycles. The van der Waals surface area contributed by atoms with Crippen molar-refractivity contribution in [2.75, 3.05) is 6.54 Å². The van der Waals surface area contributed by atoms with Crippen LogP contribution in [0.15, 0.2) is 23.1 Å². The molecular formula is C14H20FNO4S. The maximum Gasteiger partial charge on any atom is 0.307 e. The Labute approximate surface area is 124 Å². The van der Waals surface area contributed by atoms with Gasteiger partial charge in [-0.15, -0.1) is 0 Å². The van der Waals surface area contributed by atoms with E-state index < -0.39 is 27.7 Å². The summed E-state index contributed by atoms with van der Waals surface area (Å²) >= 11 is 0. The summed E-state index contributed by atoms with van der Waals surface area (Å²) in [6, 6.07) is 3.77. The molecule has 21 heavy (non-hydrogen) atoms. The van der Waals surface area contributed by atoms with E-state index in [2.05, 4.69) is 4.72 Å². The highest BCUT2D eigenvalue weighted by Gasteiger charge is 2.24. The molecule has 0 fully saturated rings. The van der Waals surface area contributed by atoms with E-state index in [1.165, 1.54) is 25.1 Å². The summed E-state index contributed by atoms with van der Waals surface area (Å²) in [7, 11) is -3.93. The Balaban J connectivity index is 2.90. The number of hydrogen-bond donors (Lipinski definition) is 2. The fourth-order valence-corrected chi connectivity index (χ4v) is 3.34. The number of nitrogens with one attached hydrogen (secondary N) is 1. The number of halogens is 1. The molecule has 118 valence electrons. The van der Waals surface area contributed by atoms with Crippen LogP contribution in [0.5, 0.6) is 0 Å². The van der Waals surface area contributed by atoms with E-state index in [0.717, 1.165) is 0 Å². The average Bonchev–Trinajstić information content (AvgIpc) is 2.36. The molecule has 0 aromatic heterocycles. The molecule has 1 aromatic carbocycles. The Morgan fingerprint density at radius 3 is 2.52 bits per heavy atom. The molecule has 0 saturated heterocycles. The number of hydrogen-bond acceptors (Lipinski definition) is 3. The molecule has 1 aromatic rings. The first-order valence-electron chi connectivity index (χ1n) is 6.62. The maximum absolute atomic E-state index is 13.4. The quantitative estimate of drug-likeness (QED) is 0.807. The van der Waals surface area contributed by atoms with Gasteiger partial charge in [0, 0.05) is 12.1 Å². The van der Waals surface area contributed by atoms with Gasteiger partial charge in [-0.3, -0.25) is 4.79 Å². The Hall–Kier alpha value is -1.47. The normalized spacial score (nSPS) is 13.4. The maximum atomic E-state index is 13.4. The van der Waals surface area contributed by atoms with Crippen LogP contribution in [0.3, 0.4) is 0 Å². The zero-order valence-corrected chi connectivity index (χ0v) is 13.1. The minimum atomic E-state index is -3.93. The standard InChI is InChI=1S/C14H20FNO4S/c1-9(2)7-11(14(17)18)8-16-21(19,20)13-6-4-5-12(15)10(13)3/h4-6,9,11,16H,7-8H2,1-3H3,(H,17,18). The molecule has 1 rings (SSSR count). The summed E-state index contributed by atoms with van der Waals surface area (Å²) in [6.45, 7) is 4.88. The van der Waals surface area contributed by atoms with Crippen molar-refractivity contribution in [1.29, 1.82) is 0 Å². The van der Waals surface area contributed by atoms with Gasteiger partial charge in [-0.1, -0.05) is 19.9 Å². The molecule has 0 amide bonds. The summed E-state index contributed by atoms with van der Waals surface area (Å²) < 4.78 is 40.0. The van der Waals surface area contributed by atoms with E-state index in [0.29, 0.717) is 6.42 Å². The van der Waals surface area contributed by atoms with Gasteiger partial charge < -0.3 is 5.11 Å². The summed E-state index contributed by atoms with van der Waals surface area (Å²) in [5, 5.41) is 9.09. The van der Waals surface area contributed by atoms with Crippen molar-refractivity contribution in [2.24, 2.45) is 11.8 Å². The molecule has 1 unspecified atom stereocenters. The highest BCUT2D eigenvalue weighted by atomic mass is 32.2. The van der Waals surface area contributed by atoms with Gasteiger partial charge >= 0.3 is 5.97 Å². The van der Waals surface area contributed by atoms with E-state index in [1.807, 2.05) is 13.8 Å². The number of aliphatic carboxylic acids is 1. The monoisotopic (exact) mass is 317 g/mol. The molecule has 5 nitrogen and oxygen atoms in total. The predicted octanol–water partition coefficient (Wildman–Crippen LogP) is 2.16. The second-order valence-corrected chi connectivity index (χ2v) is 7.11. The fraction of sp³-hybridized carbons (Fsp3) is 0.500. The Bertz CT molecular complexity index is 613. The lowest BCUT2D eigenvalue weighted by Crippen LogP contribution is -2.34. The van der Waals surface area contributed by atoms with E-state index in [9.17, 15) is 17.6 Å². The molecule has 0 saturated carbocycles. The third-order valence-corrected chi connectivity index (χ3v) is 4.70. The lowest BCUT2D eigenvalue weighted by atomic mass is 9.98. The summed E-state index contributed by atoms with van der Waals surface area (Å²) in [5.41, 5.74) is 0.0146. The van der Waals surface area contributed by atoms with Crippen LogP contribution < -0.4 is 4.72 Å². The lowest BCUT2D eigenvalue weighted by Gasteiger charge is -2.16. The molecule has 1 atom stereocenters. The van der Waals surface area contributed by atoms with Crippen LogP contribution in [0.25, 0.3) is 0 Å². The van der Waals surface area contributed by atoms with E-state index in [1.54, 1.807) is 0 Å². The van der Waals surface area contributed by atoms with Crippen LogP contribution in [0.4, 0.5) is 4.39 Å². The number of rotatable bonds is 7. The van der Waals surface area contributed by atoms with Gasteiger partial charge in [0.15, 0.2) is 0 Å². The van der Waals surface area contributed by atoms with Gasteiger partial charge in [0.25, 0.3) is 0 Å². The van der Waals surface area contributed by atoms with E-state index in [4.69, 9.17) is 5.11 Å².